The number of benzene rings is 2. The van der Waals surface area contributed by atoms with Crippen molar-refractivity contribution in [1.82, 2.24) is 0 Å². The highest BCUT2D eigenvalue weighted by Gasteiger charge is 2.21. The van der Waals surface area contributed by atoms with Gasteiger partial charge in [0.15, 0.2) is 5.76 Å². The Hall–Kier alpha value is -3.93. The molecule has 3 aromatic rings. The summed E-state index contributed by atoms with van der Waals surface area (Å²) in [6.45, 7) is 8.33. The topological polar surface area (TPSA) is 111 Å². The van der Waals surface area contributed by atoms with E-state index in [9.17, 15) is 25.2 Å². The molecule has 1 aromatic heterocycles. The van der Waals surface area contributed by atoms with Crippen molar-refractivity contribution in [3.8, 4) is 34.3 Å². The lowest BCUT2D eigenvalue weighted by Gasteiger charge is -2.11. The number of phenolic OH excluding ortho intramolecular Hbond substituents is 3. The van der Waals surface area contributed by atoms with Gasteiger partial charge in [-0.15, -0.1) is 0 Å². The van der Waals surface area contributed by atoms with E-state index in [4.69, 9.17) is 4.42 Å². The molecule has 0 aliphatic heterocycles. The lowest BCUT2D eigenvalue weighted by Crippen LogP contribution is -2.04. The third-order valence-electron chi connectivity index (χ3n) is 6.12. The van der Waals surface area contributed by atoms with Gasteiger partial charge in [0.2, 0.25) is 11.2 Å². The molecule has 6 heteroatoms. The van der Waals surface area contributed by atoms with E-state index in [0.29, 0.717) is 5.56 Å². The summed E-state index contributed by atoms with van der Waals surface area (Å²) in [5, 5.41) is 41.2. The summed E-state index contributed by atoms with van der Waals surface area (Å²) in [5.41, 5.74) is 3.49. The van der Waals surface area contributed by atoms with E-state index >= 15 is 0 Å². The zero-order chi connectivity index (χ0) is 26.4. The Morgan fingerprint density at radius 3 is 2.08 bits per heavy atom. The SMILES string of the molecule is CC(C)=CCC/C(C)=C/CC/C(C)=C/Cc1c(O)cc2oc(-c3ccc(O)cc3)c(O)c(=O)c2c1O. The molecule has 0 fully saturated rings. The highest BCUT2D eigenvalue weighted by molar-refractivity contribution is 5.89. The van der Waals surface area contributed by atoms with Gasteiger partial charge in [-0.1, -0.05) is 34.9 Å². The molecule has 0 spiro atoms. The van der Waals surface area contributed by atoms with E-state index in [2.05, 4.69) is 32.9 Å². The summed E-state index contributed by atoms with van der Waals surface area (Å²) >= 11 is 0. The molecular weight excluding hydrogens is 456 g/mol. The van der Waals surface area contributed by atoms with Crippen molar-refractivity contribution in [3.63, 3.8) is 0 Å². The second-order valence-corrected chi connectivity index (χ2v) is 9.42. The molecule has 0 aliphatic carbocycles. The van der Waals surface area contributed by atoms with Crippen LogP contribution >= 0.6 is 0 Å². The van der Waals surface area contributed by atoms with E-state index in [1.807, 2.05) is 13.0 Å². The monoisotopic (exact) mass is 490 g/mol. The number of phenols is 3. The fourth-order valence-corrected chi connectivity index (χ4v) is 3.98. The van der Waals surface area contributed by atoms with Gasteiger partial charge in [-0.2, -0.15) is 0 Å². The highest BCUT2D eigenvalue weighted by Crippen LogP contribution is 2.39. The molecule has 0 saturated heterocycles. The predicted octanol–water partition coefficient (Wildman–Crippen LogP) is 7.24. The average Bonchev–Trinajstić information content (AvgIpc) is 2.81. The summed E-state index contributed by atoms with van der Waals surface area (Å²) in [6, 6.07) is 7.04. The second-order valence-electron chi connectivity index (χ2n) is 9.42. The molecule has 4 N–H and O–H groups in total. The molecule has 3 rings (SSSR count). The molecule has 36 heavy (non-hydrogen) atoms. The van der Waals surface area contributed by atoms with Crippen LogP contribution in [0.4, 0.5) is 0 Å². The van der Waals surface area contributed by atoms with Gasteiger partial charge in [-0.3, -0.25) is 4.79 Å². The van der Waals surface area contributed by atoms with Crippen LogP contribution in [0.3, 0.4) is 0 Å². The standard InChI is InChI=1S/C30H34O6/c1-18(2)7-5-8-19(3)9-6-10-20(4)11-16-23-24(32)17-25-26(27(23)33)28(34)29(35)30(36-25)21-12-14-22(31)15-13-21/h7,9,11-15,17,31-33,35H,5-6,8,10,16H2,1-4H3/b19-9+,20-11+. The molecular formula is C30H34O6. The van der Waals surface area contributed by atoms with Crippen molar-refractivity contribution in [2.24, 2.45) is 0 Å². The van der Waals surface area contributed by atoms with Gasteiger partial charge in [0.05, 0.1) is 0 Å². The van der Waals surface area contributed by atoms with Crippen LogP contribution in [0.5, 0.6) is 23.0 Å². The lowest BCUT2D eigenvalue weighted by atomic mass is 10.0. The molecule has 0 bridgehead atoms. The van der Waals surface area contributed by atoms with E-state index in [0.717, 1.165) is 31.3 Å². The number of aromatic hydroxyl groups is 4. The van der Waals surface area contributed by atoms with Gasteiger partial charge in [-0.05, 0) is 84.1 Å². The van der Waals surface area contributed by atoms with Gasteiger partial charge in [-0.25, -0.2) is 0 Å². The number of hydrogen-bond acceptors (Lipinski definition) is 6. The molecule has 190 valence electrons. The van der Waals surface area contributed by atoms with E-state index in [1.165, 1.54) is 41.5 Å². The van der Waals surface area contributed by atoms with Crippen molar-refractivity contribution >= 4 is 11.0 Å². The van der Waals surface area contributed by atoms with Gasteiger partial charge in [0.1, 0.15) is 28.2 Å². The van der Waals surface area contributed by atoms with E-state index in [-0.39, 0.29) is 40.2 Å². The van der Waals surface area contributed by atoms with E-state index in [1.54, 1.807) is 0 Å². The van der Waals surface area contributed by atoms with Crippen molar-refractivity contribution in [2.45, 2.75) is 59.8 Å². The smallest absolute Gasteiger partial charge is 0.238 e. The summed E-state index contributed by atoms with van der Waals surface area (Å²) in [6.07, 6.45) is 10.4. The molecule has 6 nitrogen and oxygen atoms in total. The van der Waals surface area contributed by atoms with Crippen molar-refractivity contribution < 1.29 is 24.8 Å². The molecule has 0 amide bonds. The Labute approximate surface area is 211 Å². The number of rotatable bonds is 9. The van der Waals surface area contributed by atoms with Gasteiger partial charge < -0.3 is 24.8 Å². The lowest BCUT2D eigenvalue weighted by molar-refractivity contribution is 0.433. The zero-order valence-electron chi connectivity index (χ0n) is 21.3. The third-order valence-corrected chi connectivity index (χ3v) is 6.12. The molecule has 2 aromatic carbocycles. The Morgan fingerprint density at radius 2 is 1.44 bits per heavy atom. The first-order chi connectivity index (χ1) is 17.1. The maximum absolute atomic E-state index is 12.9. The largest absolute Gasteiger partial charge is 0.508 e. The van der Waals surface area contributed by atoms with Crippen molar-refractivity contribution in [2.75, 3.05) is 0 Å². The van der Waals surface area contributed by atoms with Crippen LogP contribution < -0.4 is 5.43 Å². The molecule has 0 saturated carbocycles. The van der Waals surface area contributed by atoms with Crippen LogP contribution in [0.2, 0.25) is 0 Å². The Balaban J connectivity index is 1.81. The maximum atomic E-state index is 12.9. The number of fused-ring (bicyclic) bond motifs is 1. The van der Waals surface area contributed by atoms with Crippen LogP contribution in [0, 0.1) is 0 Å². The summed E-state index contributed by atoms with van der Waals surface area (Å²) in [4.78, 5) is 12.9. The number of allylic oxidation sites excluding steroid dienone is 6. The zero-order valence-corrected chi connectivity index (χ0v) is 21.3. The van der Waals surface area contributed by atoms with Crippen LogP contribution in [0.15, 0.2) is 74.5 Å². The molecule has 0 radical (unpaired) electrons. The van der Waals surface area contributed by atoms with Gasteiger partial charge >= 0.3 is 0 Å². The molecule has 0 atom stereocenters. The van der Waals surface area contributed by atoms with Gasteiger partial charge in [0, 0.05) is 17.2 Å². The van der Waals surface area contributed by atoms with Crippen molar-refractivity contribution in [1.29, 1.82) is 0 Å². The third kappa shape index (κ3) is 6.39. The Kier molecular flexibility index (Phi) is 8.64. The molecule has 0 unspecified atom stereocenters. The fraction of sp³-hybridized carbons (Fsp3) is 0.300. The second kappa shape index (κ2) is 11.7. The first-order valence-corrected chi connectivity index (χ1v) is 12.1. The normalized spacial score (nSPS) is 12.2. The van der Waals surface area contributed by atoms with Crippen LogP contribution in [-0.2, 0) is 6.42 Å². The predicted molar refractivity (Wildman–Crippen MR) is 144 cm³/mol. The number of hydrogen-bond donors (Lipinski definition) is 4. The summed E-state index contributed by atoms with van der Waals surface area (Å²) in [5.74, 6) is -1.36. The van der Waals surface area contributed by atoms with Crippen LogP contribution in [0.25, 0.3) is 22.3 Å². The van der Waals surface area contributed by atoms with Crippen LogP contribution in [0.1, 0.15) is 58.9 Å². The molecule has 0 aliphatic rings. The Bertz CT molecular complexity index is 1380. The minimum Gasteiger partial charge on any atom is -0.508 e. The minimum atomic E-state index is -0.799. The van der Waals surface area contributed by atoms with Crippen LogP contribution in [-0.4, -0.2) is 20.4 Å². The first-order valence-electron chi connectivity index (χ1n) is 12.1. The van der Waals surface area contributed by atoms with Crippen molar-refractivity contribution in [3.05, 3.63) is 81.1 Å². The summed E-state index contributed by atoms with van der Waals surface area (Å²) in [7, 11) is 0. The molecule has 1 heterocycles. The maximum Gasteiger partial charge on any atom is 0.238 e. The minimum absolute atomic E-state index is 0.0234. The summed E-state index contributed by atoms with van der Waals surface area (Å²) < 4.78 is 5.68. The highest BCUT2D eigenvalue weighted by atomic mass is 16.4. The Morgan fingerprint density at radius 1 is 0.833 bits per heavy atom. The quantitative estimate of drug-likeness (QED) is 0.235. The van der Waals surface area contributed by atoms with E-state index < -0.39 is 16.9 Å². The van der Waals surface area contributed by atoms with Gasteiger partial charge in [0.25, 0.3) is 0 Å². The fourth-order valence-electron chi connectivity index (χ4n) is 3.98. The average molecular weight is 491 g/mol. The first kappa shape index (κ1) is 26.7.